The summed E-state index contributed by atoms with van der Waals surface area (Å²) in [6, 6.07) is -0.639. The molecule has 4 heterocycles. The van der Waals surface area contributed by atoms with Crippen LogP contribution in [0.4, 0.5) is 0 Å². The first-order valence-electron chi connectivity index (χ1n) is 11.6. The number of carbonyl (C=O) groups is 3. The molecule has 6 atom stereocenters. The van der Waals surface area contributed by atoms with Gasteiger partial charge >= 0.3 is 5.97 Å². The summed E-state index contributed by atoms with van der Waals surface area (Å²) in [6.45, 7) is 8.54. The molecule has 0 spiro atoms. The molecule has 4 aliphatic rings. The quantitative estimate of drug-likeness (QED) is 0.248. The van der Waals surface area contributed by atoms with E-state index in [4.69, 9.17) is 5.41 Å². The minimum Gasteiger partial charge on any atom is -0.477 e. The Balaban J connectivity index is 1.41. The van der Waals surface area contributed by atoms with Crippen LogP contribution in [0.1, 0.15) is 33.6 Å². The minimum atomic E-state index is -1.13. The summed E-state index contributed by atoms with van der Waals surface area (Å²) in [5, 5.41) is 31.0. The summed E-state index contributed by atoms with van der Waals surface area (Å²) < 4.78 is 0. The van der Waals surface area contributed by atoms with Gasteiger partial charge in [0.25, 0.3) is 0 Å². The highest BCUT2D eigenvalue weighted by atomic mass is 32.2. The molecular weight excluding hydrogens is 446 g/mol. The van der Waals surface area contributed by atoms with Gasteiger partial charge in [0.2, 0.25) is 11.8 Å². The number of aliphatic hydroxyl groups excluding tert-OH is 1. The number of amides is 2. The average molecular weight is 480 g/mol. The average Bonchev–Trinajstić information content (AvgIpc) is 3.18. The monoisotopic (exact) mass is 479 g/mol. The number of amidine groups is 1. The fraction of sp³-hybridized carbons (Fsp3) is 0.727. The molecule has 0 aromatic rings. The van der Waals surface area contributed by atoms with E-state index in [2.05, 4.69) is 5.32 Å². The van der Waals surface area contributed by atoms with Gasteiger partial charge in [0, 0.05) is 48.8 Å². The maximum Gasteiger partial charge on any atom is 0.353 e. The summed E-state index contributed by atoms with van der Waals surface area (Å²) in [6.07, 6.45) is 0.598. The second-order valence-corrected chi connectivity index (χ2v) is 10.8. The molecule has 3 saturated heterocycles. The summed E-state index contributed by atoms with van der Waals surface area (Å²) >= 11 is 1.45. The second kappa shape index (κ2) is 9.27. The molecule has 4 aliphatic heterocycles. The first-order valence-corrected chi connectivity index (χ1v) is 12.5. The highest BCUT2D eigenvalue weighted by molar-refractivity contribution is 8.03. The molecule has 3 fully saturated rings. The smallest absolute Gasteiger partial charge is 0.353 e. The summed E-state index contributed by atoms with van der Waals surface area (Å²) in [5.41, 5.74) is 0.0313. The zero-order valence-electron chi connectivity index (χ0n) is 19.3. The number of carbonyl (C=O) groups excluding carboxylic acids is 2. The van der Waals surface area contributed by atoms with Crippen molar-refractivity contribution in [3.8, 4) is 0 Å². The van der Waals surface area contributed by atoms with Crippen molar-refractivity contribution >= 4 is 35.4 Å². The van der Waals surface area contributed by atoms with Crippen LogP contribution in [0.2, 0.25) is 0 Å². The molecule has 4 rings (SSSR count). The lowest BCUT2D eigenvalue weighted by atomic mass is 9.79. The highest BCUT2D eigenvalue weighted by Gasteiger charge is 2.60. The van der Waals surface area contributed by atoms with Gasteiger partial charge in [-0.05, 0) is 26.7 Å². The molecule has 0 aromatic carbocycles. The Morgan fingerprint density at radius 3 is 2.52 bits per heavy atom. The number of fused-ring (bicyclic) bond motifs is 1. The molecule has 0 bridgehead atoms. The molecule has 2 amide bonds. The molecule has 0 saturated carbocycles. The largest absolute Gasteiger partial charge is 0.477 e. The predicted molar refractivity (Wildman–Crippen MR) is 124 cm³/mol. The molecule has 182 valence electrons. The van der Waals surface area contributed by atoms with Crippen molar-refractivity contribution < 1.29 is 24.6 Å². The van der Waals surface area contributed by atoms with Crippen molar-refractivity contribution in [1.29, 1.82) is 5.41 Å². The number of rotatable bonds is 5. The third kappa shape index (κ3) is 4.26. The van der Waals surface area contributed by atoms with E-state index in [-0.39, 0.29) is 40.8 Å². The number of hydrogen-bond donors (Lipinski definition) is 4. The van der Waals surface area contributed by atoms with Gasteiger partial charge in [-0.3, -0.25) is 15.0 Å². The van der Waals surface area contributed by atoms with Gasteiger partial charge in [-0.25, -0.2) is 4.79 Å². The van der Waals surface area contributed by atoms with Crippen LogP contribution in [0.25, 0.3) is 0 Å². The Hall–Kier alpha value is -2.11. The van der Waals surface area contributed by atoms with Crippen molar-refractivity contribution in [1.82, 2.24) is 20.0 Å². The van der Waals surface area contributed by atoms with Crippen LogP contribution in [0.15, 0.2) is 10.6 Å². The van der Waals surface area contributed by atoms with Gasteiger partial charge < -0.3 is 30.2 Å². The Morgan fingerprint density at radius 2 is 1.88 bits per heavy atom. The Morgan fingerprint density at radius 1 is 1.21 bits per heavy atom. The number of hydrogen-bond acceptors (Lipinski definition) is 7. The van der Waals surface area contributed by atoms with Gasteiger partial charge in [0.1, 0.15) is 5.70 Å². The van der Waals surface area contributed by atoms with Crippen molar-refractivity contribution in [2.24, 2.45) is 11.8 Å². The van der Waals surface area contributed by atoms with Crippen molar-refractivity contribution in [2.75, 3.05) is 32.7 Å². The van der Waals surface area contributed by atoms with Crippen molar-refractivity contribution in [2.45, 2.75) is 57.1 Å². The van der Waals surface area contributed by atoms with E-state index in [1.54, 1.807) is 13.8 Å². The SMILES string of the molecule is CC(=N)N1CCCN(C(=O)[C@@H]2C[C@H](SC3=C(C(=O)O)N4C(=O)[C@H](C(C)O)[C@H]4[C@H]3C)CN2)CC1. The molecule has 10 nitrogen and oxygen atoms in total. The highest BCUT2D eigenvalue weighted by Crippen LogP contribution is 2.51. The fourth-order valence-corrected chi connectivity index (χ4v) is 7.01. The number of carboxylic acid groups (broad SMARTS) is 1. The number of aliphatic hydroxyl groups is 1. The van der Waals surface area contributed by atoms with E-state index in [1.807, 2.05) is 16.7 Å². The van der Waals surface area contributed by atoms with Gasteiger partial charge in [0.05, 0.1) is 29.9 Å². The lowest BCUT2D eigenvalue weighted by molar-refractivity contribution is -0.163. The van der Waals surface area contributed by atoms with E-state index in [0.717, 1.165) is 13.0 Å². The number of nitrogens with zero attached hydrogens (tertiary/aromatic N) is 3. The van der Waals surface area contributed by atoms with E-state index in [0.29, 0.717) is 43.3 Å². The van der Waals surface area contributed by atoms with Crippen LogP contribution in [-0.4, -0.2) is 105 Å². The van der Waals surface area contributed by atoms with Crippen molar-refractivity contribution in [3.05, 3.63) is 10.6 Å². The molecule has 0 radical (unpaired) electrons. The predicted octanol–water partition coefficient (Wildman–Crippen LogP) is 0.135. The molecule has 11 heteroatoms. The number of β-lactam (4-membered cyclic amide) rings is 1. The Kier molecular flexibility index (Phi) is 6.75. The van der Waals surface area contributed by atoms with Gasteiger partial charge in [-0.2, -0.15) is 0 Å². The van der Waals surface area contributed by atoms with E-state index >= 15 is 0 Å². The van der Waals surface area contributed by atoms with E-state index in [1.165, 1.54) is 16.7 Å². The number of nitrogens with one attached hydrogen (secondary N) is 2. The van der Waals surface area contributed by atoms with Crippen LogP contribution < -0.4 is 5.32 Å². The van der Waals surface area contributed by atoms with E-state index in [9.17, 15) is 24.6 Å². The minimum absolute atomic E-state index is 0.0249. The third-order valence-electron chi connectivity index (χ3n) is 7.28. The van der Waals surface area contributed by atoms with Crippen LogP contribution in [0.3, 0.4) is 0 Å². The Bertz CT molecular complexity index is 892. The third-order valence-corrected chi connectivity index (χ3v) is 8.79. The summed E-state index contributed by atoms with van der Waals surface area (Å²) in [5.74, 6) is -1.62. The zero-order chi connectivity index (χ0) is 24.0. The second-order valence-electron chi connectivity index (χ2n) is 9.46. The maximum atomic E-state index is 13.1. The normalized spacial score (nSPS) is 33.0. The van der Waals surface area contributed by atoms with Crippen molar-refractivity contribution in [3.63, 3.8) is 0 Å². The first-order chi connectivity index (χ1) is 15.6. The maximum absolute atomic E-state index is 13.1. The lowest BCUT2D eigenvalue weighted by Gasteiger charge is -2.46. The van der Waals surface area contributed by atoms with Crippen LogP contribution in [0.5, 0.6) is 0 Å². The summed E-state index contributed by atoms with van der Waals surface area (Å²) in [7, 11) is 0. The van der Waals surface area contributed by atoms with Crippen LogP contribution in [-0.2, 0) is 14.4 Å². The molecule has 0 aliphatic carbocycles. The lowest BCUT2D eigenvalue weighted by Crippen LogP contribution is -2.63. The molecule has 0 aromatic heterocycles. The van der Waals surface area contributed by atoms with Gasteiger partial charge in [-0.1, -0.05) is 6.92 Å². The van der Waals surface area contributed by atoms with Gasteiger partial charge in [0.15, 0.2) is 0 Å². The standard InChI is InChI=1S/C22H33N5O5S/c1-11-17-16(12(2)28)21(30)27(17)18(22(31)32)19(11)33-14-9-15(24-10-14)20(29)26-6-4-5-25(7-8-26)13(3)23/h11-12,14-17,23-24,28H,4-10H2,1-3H3,(H,31,32)/t11-,12?,14+,15+,16-,17-/m1/s1. The molecule has 33 heavy (non-hydrogen) atoms. The number of thioether (sulfide) groups is 1. The Labute approximate surface area is 197 Å². The van der Waals surface area contributed by atoms with Crippen LogP contribution >= 0.6 is 11.8 Å². The first kappa shape index (κ1) is 24.0. The topological polar surface area (TPSA) is 137 Å². The van der Waals surface area contributed by atoms with E-state index < -0.39 is 18.0 Å². The number of carboxylic acids is 1. The molecule has 1 unspecified atom stereocenters. The number of aliphatic carboxylic acids is 1. The summed E-state index contributed by atoms with van der Waals surface area (Å²) in [4.78, 5) is 43.5. The molecule has 4 N–H and O–H groups in total. The van der Waals surface area contributed by atoms with Gasteiger partial charge in [-0.15, -0.1) is 11.8 Å². The molecular formula is C22H33N5O5S. The van der Waals surface area contributed by atoms with Crippen LogP contribution in [0, 0.1) is 17.2 Å². The fourth-order valence-electron chi connectivity index (χ4n) is 5.53. The zero-order valence-corrected chi connectivity index (χ0v) is 20.1.